The van der Waals surface area contributed by atoms with Gasteiger partial charge in [0.2, 0.25) is 5.91 Å². The molecule has 116 valence electrons. The maximum atomic E-state index is 12.1. The van der Waals surface area contributed by atoms with Crippen molar-refractivity contribution >= 4 is 33.0 Å². The highest BCUT2D eigenvalue weighted by molar-refractivity contribution is 7.91. The van der Waals surface area contributed by atoms with Gasteiger partial charge in [0.15, 0.2) is 9.84 Å². The number of carbonyl (C=O) groups excluding carboxylic acids is 1. The Labute approximate surface area is 128 Å². The maximum Gasteiger partial charge on any atom is 0.242 e. The SMILES string of the molecule is COc1ccc(N(C(=O)CCl)C2CS(=O)(=O)CC2O)cc1. The summed E-state index contributed by atoms with van der Waals surface area (Å²) < 4.78 is 28.3. The Morgan fingerprint density at radius 3 is 2.43 bits per heavy atom. The highest BCUT2D eigenvalue weighted by atomic mass is 35.5. The van der Waals surface area contributed by atoms with E-state index in [0.29, 0.717) is 11.4 Å². The lowest BCUT2D eigenvalue weighted by Gasteiger charge is -2.30. The van der Waals surface area contributed by atoms with Crippen LogP contribution in [0.5, 0.6) is 5.75 Å². The van der Waals surface area contributed by atoms with Crippen LogP contribution in [0.4, 0.5) is 5.69 Å². The first-order valence-electron chi connectivity index (χ1n) is 6.28. The second-order valence-corrected chi connectivity index (χ2v) is 7.23. The Hall–Kier alpha value is -1.31. The summed E-state index contributed by atoms with van der Waals surface area (Å²) in [5.74, 6) is -0.766. The number of anilines is 1. The molecule has 1 aromatic rings. The highest BCUT2D eigenvalue weighted by Crippen LogP contribution is 2.27. The molecule has 1 fully saturated rings. The van der Waals surface area contributed by atoms with Crippen LogP contribution in [0.15, 0.2) is 24.3 Å². The van der Waals surface area contributed by atoms with Crippen LogP contribution in [-0.2, 0) is 14.6 Å². The molecule has 1 heterocycles. The van der Waals surface area contributed by atoms with Gasteiger partial charge in [-0.3, -0.25) is 4.79 Å². The first-order chi connectivity index (χ1) is 9.88. The monoisotopic (exact) mass is 333 g/mol. The smallest absolute Gasteiger partial charge is 0.242 e. The van der Waals surface area contributed by atoms with Crippen LogP contribution in [0, 0.1) is 0 Å². The molecule has 8 heteroatoms. The minimum Gasteiger partial charge on any atom is -0.497 e. The zero-order chi connectivity index (χ0) is 15.6. The second-order valence-electron chi connectivity index (χ2n) is 4.81. The van der Waals surface area contributed by atoms with Crippen LogP contribution >= 0.6 is 11.6 Å². The molecule has 2 unspecified atom stereocenters. The van der Waals surface area contributed by atoms with Gasteiger partial charge in [-0.25, -0.2) is 8.42 Å². The molecule has 1 aromatic carbocycles. The van der Waals surface area contributed by atoms with Crippen molar-refractivity contribution in [3.8, 4) is 5.75 Å². The number of amides is 1. The number of ether oxygens (including phenoxy) is 1. The largest absolute Gasteiger partial charge is 0.497 e. The number of nitrogens with zero attached hydrogens (tertiary/aromatic N) is 1. The first-order valence-corrected chi connectivity index (χ1v) is 8.64. The predicted octanol–water partition coefficient (Wildman–Crippen LogP) is 0.425. The molecular formula is C13H16ClNO5S. The number of methoxy groups -OCH3 is 1. The number of aliphatic hydroxyl groups is 1. The minimum absolute atomic E-state index is 0.275. The molecule has 0 saturated carbocycles. The van der Waals surface area contributed by atoms with E-state index in [9.17, 15) is 18.3 Å². The topological polar surface area (TPSA) is 83.9 Å². The summed E-state index contributed by atoms with van der Waals surface area (Å²) in [5, 5.41) is 9.96. The van der Waals surface area contributed by atoms with Crippen molar-refractivity contribution < 1.29 is 23.1 Å². The van der Waals surface area contributed by atoms with Gasteiger partial charge in [-0.2, -0.15) is 0 Å². The van der Waals surface area contributed by atoms with Crippen LogP contribution in [0.25, 0.3) is 0 Å². The molecular weight excluding hydrogens is 318 g/mol. The Morgan fingerprint density at radius 1 is 1.38 bits per heavy atom. The lowest BCUT2D eigenvalue weighted by Crippen LogP contribution is -2.47. The van der Waals surface area contributed by atoms with Gasteiger partial charge in [-0.1, -0.05) is 0 Å². The van der Waals surface area contributed by atoms with Gasteiger partial charge in [0.1, 0.15) is 11.6 Å². The number of sulfone groups is 1. The summed E-state index contributed by atoms with van der Waals surface area (Å²) in [6.07, 6.45) is -1.12. The normalized spacial score (nSPS) is 23.8. The van der Waals surface area contributed by atoms with Crippen LogP contribution in [-0.4, -0.2) is 56.1 Å². The number of benzene rings is 1. The van der Waals surface area contributed by atoms with E-state index < -0.39 is 27.9 Å². The molecule has 1 amide bonds. The third kappa shape index (κ3) is 3.48. The average Bonchev–Trinajstić information content (AvgIpc) is 2.72. The zero-order valence-electron chi connectivity index (χ0n) is 11.4. The maximum absolute atomic E-state index is 12.1. The Balaban J connectivity index is 2.36. The molecule has 1 aliphatic rings. The molecule has 21 heavy (non-hydrogen) atoms. The fraction of sp³-hybridized carbons (Fsp3) is 0.462. The third-order valence-electron chi connectivity index (χ3n) is 3.36. The van der Waals surface area contributed by atoms with E-state index >= 15 is 0 Å². The molecule has 0 bridgehead atoms. The highest BCUT2D eigenvalue weighted by Gasteiger charge is 2.42. The van der Waals surface area contributed by atoms with E-state index in [-0.39, 0.29) is 17.4 Å². The molecule has 0 aliphatic carbocycles. The van der Waals surface area contributed by atoms with Crippen LogP contribution in [0.1, 0.15) is 0 Å². The van der Waals surface area contributed by atoms with Crippen LogP contribution in [0.3, 0.4) is 0 Å². The molecule has 0 radical (unpaired) electrons. The summed E-state index contributed by atoms with van der Waals surface area (Å²) in [6.45, 7) is 0. The Morgan fingerprint density at radius 2 is 2.00 bits per heavy atom. The number of carbonyl (C=O) groups is 1. The first kappa shape index (κ1) is 16.1. The molecule has 1 aliphatic heterocycles. The van der Waals surface area contributed by atoms with E-state index in [1.165, 1.54) is 12.0 Å². The Kier molecular flexibility index (Phi) is 4.75. The quantitative estimate of drug-likeness (QED) is 0.808. The fourth-order valence-electron chi connectivity index (χ4n) is 2.38. The predicted molar refractivity (Wildman–Crippen MR) is 79.6 cm³/mol. The lowest BCUT2D eigenvalue weighted by molar-refractivity contribution is -0.117. The Bertz CT molecular complexity index is 616. The summed E-state index contributed by atoms with van der Waals surface area (Å²) in [7, 11) is -1.85. The van der Waals surface area contributed by atoms with Gasteiger partial charge in [-0.15, -0.1) is 11.6 Å². The van der Waals surface area contributed by atoms with Crippen molar-refractivity contribution in [1.82, 2.24) is 0 Å². The van der Waals surface area contributed by atoms with Crippen molar-refractivity contribution in [2.75, 3.05) is 29.4 Å². The molecule has 0 spiro atoms. The van der Waals surface area contributed by atoms with Gasteiger partial charge in [0.25, 0.3) is 0 Å². The van der Waals surface area contributed by atoms with E-state index in [2.05, 4.69) is 0 Å². The van der Waals surface area contributed by atoms with Gasteiger partial charge in [0.05, 0.1) is 30.8 Å². The summed E-state index contributed by atoms with van der Waals surface area (Å²) in [4.78, 5) is 13.3. The molecule has 6 nitrogen and oxygen atoms in total. The molecule has 0 aromatic heterocycles. The molecule has 1 N–H and O–H groups in total. The van der Waals surface area contributed by atoms with Crippen molar-refractivity contribution in [3.05, 3.63) is 24.3 Å². The van der Waals surface area contributed by atoms with Gasteiger partial charge >= 0.3 is 0 Å². The number of halogens is 1. The summed E-state index contributed by atoms with van der Waals surface area (Å²) >= 11 is 5.61. The van der Waals surface area contributed by atoms with Gasteiger partial charge in [-0.05, 0) is 24.3 Å². The number of hydrogen-bond donors (Lipinski definition) is 1. The van der Waals surface area contributed by atoms with E-state index in [4.69, 9.17) is 16.3 Å². The van der Waals surface area contributed by atoms with Crippen molar-refractivity contribution in [2.45, 2.75) is 12.1 Å². The fourth-order valence-corrected chi connectivity index (χ4v) is 4.28. The van der Waals surface area contributed by atoms with E-state index in [0.717, 1.165) is 0 Å². The van der Waals surface area contributed by atoms with Crippen LogP contribution < -0.4 is 9.64 Å². The van der Waals surface area contributed by atoms with Crippen molar-refractivity contribution in [3.63, 3.8) is 0 Å². The zero-order valence-corrected chi connectivity index (χ0v) is 13.0. The lowest BCUT2D eigenvalue weighted by atomic mass is 10.1. The summed E-state index contributed by atoms with van der Waals surface area (Å²) in [6, 6.07) is 5.73. The van der Waals surface area contributed by atoms with Gasteiger partial charge < -0.3 is 14.7 Å². The van der Waals surface area contributed by atoms with Gasteiger partial charge in [0, 0.05) is 5.69 Å². The second kappa shape index (κ2) is 6.21. The number of hydrogen-bond acceptors (Lipinski definition) is 5. The van der Waals surface area contributed by atoms with E-state index in [1.54, 1.807) is 24.3 Å². The third-order valence-corrected chi connectivity index (χ3v) is 5.29. The number of alkyl halides is 1. The number of rotatable bonds is 4. The van der Waals surface area contributed by atoms with Crippen molar-refractivity contribution in [1.29, 1.82) is 0 Å². The number of aliphatic hydroxyl groups excluding tert-OH is 1. The van der Waals surface area contributed by atoms with E-state index in [1.807, 2.05) is 0 Å². The molecule has 2 atom stereocenters. The van der Waals surface area contributed by atoms with Crippen LogP contribution in [0.2, 0.25) is 0 Å². The summed E-state index contributed by atoms with van der Waals surface area (Å²) in [5.41, 5.74) is 0.475. The molecule has 2 rings (SSSR count). The average molecular weight is 334 g/mol. The molecule has 1 saturated heterocycles. The van der Waals surface area contributed by atoms with Crippen molar-refractivity contribution in [2.24, 2.45) is 0 Å². The standard InChI is InChI=1S/C13H16ClNO5S/c1-20-10-4-2-9(3-5-10)15(13(17)6-14)11-7-21(18,19)8-12(11)16/h2-5,11-12,16H,6-8H2,1H3. The minimum atomic E-state index is -3.36.